The summed E-state index contributed by atoms with van der Waals surface area (Å²) in [4.78, 5) is 26.8. The van der Waals surface area contributed by atoms with Gasteiger partial charge in [-0.1, -0.05) is 36.4 Å². The van der Waals surface area contributed by atoms with Crippen molar-refractivity contribution in [2.24, 2.45) is 0 Å². The topological polar surface area (TPSA) is 77.1 Å². The summed E-state index contributed by atoms with van der Waals surface area (Å²) in [6.07, 6.45) is -0.609. The van der Waals surface area contributed by atoms with Crippen LogP contribution in [0, 0.1) is 0 Å². The largest absolute Gasteiger partial charge is 0.492 e. The van der Waals surface area contributed by atoms with Gasteiger partial charge < -0.3 is 24.4 Å². The number of carbonyl (C=O) groups is 2. The number of benzene rings is 3. The van der Waals surface area contributed by atoms with Gasteiger partial charge in [0, 0.05) is 17.8 Å². The Labute approximate surface area is 192 Å². The third-order valence-electron chi connectivity index (χ3n) is 5.15. The lowest BCUT2D eigenvalue weighted by Crippen LogP contribution is -2.40. The zero-order valence-electron chi connectivity index (χ0n) is 18.4. The number of hydrogen-bond donors (Lipinski definition) is 1. The summed E-state index contributed by atoms with van der Waals surface area (Å²) < 4.78 is 17.1. The monoisotopic (exact) mass is 446 g/mol. The molecule has 3 aromatic carbocycles. The van der Waals surface area contributed by atoms with Crippen molar-refractivity contribution in [3.05, 3.63) is 84.4 Å². The van der Waals surface area contributed by atoms with E-state index in [0.717, 1.165) is 11.3 Å². The van der Waals surface area contributed by atoms with Gasteiger partial charge in [0.05, 0.1) is 6.54 Å². The molecule has 7 heteroatoms. The van der Waals surface area contributed by atoms with Crippen molar-refractivity contribution in [1.29, 1.82) is 0 Å². The van der Waals surface area contributed by atoms with Gasteiger partial charge in [0.25, 0.3) is 11.8 Å². The Balaban J connectivity index is 1.38. The summed E-state index contributed by atoms with van der Waals surface area (Å²) in [6, 6.07) is 24.0. The smallest absolute Gasteiger partial charge is 0.263 e. The summed E-state index contributed by atoms with van der Waals surface area (Å²) in [7, 11) is 0. The van der Waals surface area contributed by atoms with E-state index in [1.54, 1.807) is 36.1 Å². The predicted molar refractivity (Wildman–Crippen MR) is 124 cm³/mol. The first-order valence-corrected chi connectivity index (χ1v) is 10.8. The van der Waals surface area contributed by atoms with Crippen molar-refractivity contribution in [3.63, 3.8) is 0 Å². The fourth-order valence-electron chi connectivity index (χ4n) is 3.52. The van der Waals surface area contributed by atoms with E-state index in [1.807, 2.05) is 54.6 Å². The van der Waals surface area contributed by atoms with Gasteiger partial charge in [0.1, 0.15) is 23.9 Å². The second-order valence-corrected chi connectivity index (χ2v) is 7.65. The summed E-state index contributed by atoms with van der Waals surface area (Å²) in [6.45, 7) is 2.78. The fourth-order valence-corrected chi connectivity index (χ4v) is 3.52. The summed E-state index contributed by atoms with van der Waals surface area (Å²) in [5.74, 6) is 1.63. The van der Waals surface area contributed by atoms with Gasteiger partial charge in [0.2, 0.25) is 0 Å². The molecule has 3 aromatic rings. The van der Waals surface area contributed by atoms with E-state index in [9.17, 15) is 9.59 Å². The van der Waals surface area contributed by atoms with Crippen LogP contribution in [0.3, 0.4) is 0 Å². The summed E-state index contributed by atoms with van der Waals surface area (Å²) >= 11 is 0. The van der Waals surface area contributed by atoms with E-state index in [1.165, 1.54) is 0 Å². The van der Waals surface area contributed by atoms with Crippen LogP contribution in [0.2, 0.25) is 0 Å². The van der Waals surface area contributed by atoms with Crippen LogP contribution in [0.4, 0.5) is 5.69 Å². The molecule has 170 valence electrons. The van der Waals surface area contributed by atoms with Crippen LogP contribution in [0.15, 0.2) is 78.9 Å². The average molecular weight is 447 g/mol. The molecule has 33 heavy (non-hydrogen) atoms. The Bertz CT molecular complexity index is 1090. The predicted octanol–water partition coefficient (Wildman–Crippen LogP) is 3.89. The lowest BCUT2D eigenvalue weighted by atomic mass is 10.1. The lowest BCUT2D eigenvalue weighted by molar-refractivity contribution is -0.138. The van der Waals surface area contributed by atoms with Crippen molar-refractivity contribution in [2.45, 2.75) is 19.6 Å². The maximum atomic E-state index is 12.8. The number of hydrogen-bond acceptors (Lipinski definition) is 5. The first kappa shape index (κ1) is 22.2. The zero-order chi connectivity index (χ0) is 23.0. The maximum absolute atomic E-state index is 12.8. The van der Waals surface area contributed by atoms with Gasteiger partial charge in [-0.25, -0.2) is 0 Å². The second-order valence-electron chi connectivity index (χ2n) is 7.65. The van der Waals surface area contributed by atoms with Crippen LogP contribution in [-0.4, -0.2) is 42.6 Å². The molecule has 0 radical (unpaired) electrons. The molecule has 0 saturated carbocycles. The van der Waals surface area contributed by atoms with Gasteiger partial charge >= 0.3 is 0 Å². The summed E-state index contributed by atoms with van der Waals surface area (Å²) in [5.41, 5.74) is 1.43. The molecule has 0 fully saturated rings. The van der Waals surface area contributed by atoms with Crippen LogP contribution in [0.5, 0.6) is 17.2 Å². The molecular weight excluding hydrogens is 420 g/mol. The first-order valence-electron chi connectivity index (χ1n) is 10.8. The van der Waals surface area contributed by atoms with E-state index in [-0.39, 0.29) is 18.4 Å². The molecule has 1 unspecified atom stereocenters. The molecule has 1 aliphatic heterocycles. The first-order chi connectivity index (χ1) is 16.1. The van der Waals surface area contributed by atoms with E-state index >= 15 is 0 Å². The number of nitrogens with zero attached hydrogens (tertiary/aromatic N) is 1. The molecule has 7 nitrogen and oxygen atoms in total. The standard InChI is InChI=1S/C26H26N2O5/c1-19-26(30)28(14-15-31-22-8-4-2-5-9-22)17-20-16-21(12-13-24(20)33-19)27-25(29)18-32-23-10-6-3-7-11-23/h2-13,16,19H,14-15,17-18H2,1H3,(H,27,29). The van der Waals surface area contributed by atoms with Crippen molar-refractivity contribution in [3.8, 4) is 17.2 Å². The highest BCUT2D eigenvalue weighted by Gasteiger charge is 2.28. The lowest BCUT2D eigenvalue weighted by Gasteiger charge is -2.22. The van der Waals surface area contributed by atoms with Crippen molar-refractivity contribution in [1.82, 2.24) is 4.90 Å². The van der Waals surface area contributed by atoms with Gasteiger partial charge in [0.15, 0.2) is 12.7 Å². The number of carbonyl (C=O) groups excluding carboxylic acids is 2. The molecule has 1 atom stereocenters. The number of fused-ring (bicyclic) bond motifs is 1. The zero-order valence-corrected chi connectivity index (χ0v) is 18.4. The third-order valence-corrected chi connectivity index (χ3v) is 5.15. The van der Waals surface area contributed by atoms with Crippen LogP contribution in [-0.2, 0) is 16.1 Å². The Hall–Kier alpha value is -4.00. The molecule has 0 saturated heterocycles. The Kier molecular flexibility index (Phi) is 7.09. The van der Waals surface area contributed by atoms with Crippen LogP contribution in [0.25, 0.3) is 0 Å². The highest BCUT2D eigenvalue weighted by molar-refractivity contribution is 5.92. The minimum Gasteiger partial charge on any atom is -0.492 e. The van der Waals surface area contributed by atoms with Gasteiger partial charge in [-0.3, -0.25) is 9.59 Å². The van der Waals surface area contributed by atoms with E-state index in [2.05, 4.69) is 5.32 Å². The summed E-state index contributed by atoms with van der Waals surface area (Å²) in [5, 5.41) is 2.84. The number of anilines is 1. The Morgan fingerprint density at radius 1 is 1.00 bits per heavy atom. The molecule has 1 N–H and O–H groups in total. The van der Waals surface area contributed by atoms with Crippen LogP contribution < -0.4 is 19.5 Å². The van der Waals surface area contributed by atoms with Crippen molar-refractivity contribution >= 4 is 17.5 Å². The SMILES string of the molecule is CC1Oc2ccc(NC(=O)COc3ccccc3)cc2CN(CCOc2ccccc2)C1=O. The molecule has 0 aromatic heterocycles. The van der Waals surface area contributed by atoms with Gasteiger partial charge in [-0.05, 0) is 49.4 Å². The minimum absolute atomic E-state index is 0.101. The Morgan fingerprint density at radius 2 is 1.67 bits per heavy atom. The van der Waals surface area contributed by atoms with Gasteiger partial charge in [-0.2, -0.15) is 0 Å². The van der Waals surface area contributed by atoms with E-state index in [0.29, 0.717) is 36.9 Å². The van der Waals surface area contributed by atoms with Crippen LogP contribution >= 0.6 is 0 Å². The number of amides is 2. The maximum Gasteiger partial charge on any atom is 0.263 e. The molecule has 1 heterocycles. The number of para-hydroxylation sites is 2. The number of rotatable bonds is 8. The number of nitrogens with one attached hydrogen (secondary N) is 1. The third kappa shape index (κ3) is 6.04. The quantitative estimate of drug-likeness (QED) is 0.568. The van der Waals surface area contributed by atoms with Crippen molar-refractivity contribution < 1.29 is 23.8 Å². The fraction of sp³-hybridized carbons (Fsp3) is 0.231. The van der Waals surface area contributed by atoms with E-state index in [4.69, 9.17) is 14.2 Å². The Morgan fingerprint density at radius 3 is 2.36 bits per heavy atom. The molecular formula is C26H26N2O5. The van der Waals surface area contributed by atoms with Crippen LogP contribution in [0.1, 0.15) is 12.5 Å². The molecule has 0 bridgehead atoms. The molecule has 0 spiro atoms. The highest BCUT2D eigenvalue weighted by atomic mass is 16.5. The molecule has 4 rings (SSSR count). The highest BCUT2D eigenvalue weighted by Crippen LogP contribution is 2.28. The molecule has 2 amide bonds. The normalized spacial score (nSPS) is 15.1. The second kappa shape index (κ2) is 10.5. The minimum atomic E-state index is -0.609. The average Bonchev–Trinajstić information content (AvgIpc) is 2.95. The van der Waals surface area contributed by atoms with Crippen molar-refractivity contribution in [2.75, 3.05) is 25.1 Å². The molecule has 0 aliphatic carbocycles. The van der Waals surface area contributed by atoms with Gasteiger partial charge in [-0.15, -0.1) is 0 Å². The molecule has 1 aliphatic rings. The number of ether oxygens (including phenoxy) is 3. The van der Waals surface area contributed by atoms with E-state index < -0.39 is 6.10 Å².